The van der Waals surface area contributed by atoms with Crippen molar-refractivity contribution in [1.29, 1.82) is 0 Å². The van der Waals surface area contributed by atoms with E-state index in [1.807, 2.05) is 0 Å². The summed E-state index contributed by atoms with van der Waals surface area (Å²) < 4.78 is 37.1. The van der Waals surface area contributed by atoms with Crippen molar-refractivity contribution in [3.05, 3.63) is 28.5 Å². The molecule has 0 saturated carbocycles. The largest absolute Gasteiger partial charge is 0.417 e. The Hall–Kier alpha value is -0.850. The quantitative estimate of drug-likeness (QED) is 0.881. The van der Waals surface area contributed by atoms with Gasteiger partial charge in [0.2, 0.25) is 0 Å². The first-order valence-corrected chi connectivity index (χ1v) is 5.42. The van der Waals surface area contributed by atoms with Gasteiger partial charge in [-0.1, -0.05) is 11.6 Å². The Kier molecular flexibility index (Phi) is 4.73. The van der Waals surface area contributed by atoms with E-state index in [-0.39, 0.29) is 10.7 Å². The number of rotatable bonds is 4. The number of hydrogen-bond acceptors (Lipinski definition) is 3. The molecule has 1 heterocycles. The molecule has 4 N–H and O–H groups in total. The summed E-state index contributed by atoms with van der Waals surface area (Å²) in [5.41, 5.74) is 10.5. The maximum absolute atomic E-state index is 12.4. The molecule has 1 atom stereocenters. The summed E-state index contributed by atoms with van der Waals surface area (Å²) in [5, 5.41) is -0.0654. The molecule has 0 bridgehead atoms. The highest BCUT2D eigenvalue weighted by Crippen LogP contribution is 2.32. The van der Waals surface area contributed by atoms with E-state index < -0.39 is 17.8 Å². The fourth-order valence-corrected chi connectivity index (χ4v) is 1.66. The molecule has 7 heteroatoms. The summed E-state index contributed by atoms with van der Waals surface area (Å²) in [4.78, 5) is 3.68. The highest BCUT2D eigenvalue weighted by Gasteiger charge is 2.31. The van der Waals surface area contributed by atoms with Crippen molar-refractivity contribution in [3.8, 4) is 0 Å². The first-order chi connectivity index (χ1) is 7.86. The molecule has 1 rings (SSSR count). The molecular weight excluding hydrogens is 255 g/mol. The highest BCUT2D eigenvalue weighted by molar-refractivity contribution is 6.31. The normalized spacial score (nSPS) is 13.8. The maximum atomic E-state index is 12.4. The topological polar surface area (TPSA) is 64.9 Å². The SMILES string of the molecule is NCCCC(N)c1ncc(C(F)(F)F)cc1Cl. The Morgan fingerprint density at radius 2 is 2.06 bits per heavy atom. The van der Waals surface area contributed by atoms with Crippen molar-refractivity contribution in [2.75, 3.05) is 6.54 Å². The van der Waals surface area contributed by atoms with Crippen molar-refractivity contribution in [2.24, 2.45) is 11.5 Å². The van der Waals surface area contributed by atoms with Crippen LogP contribution in [0.1, 0.15) is 30.1 Å². The zero-order valence-electron chi connectivity index (χ0n) is 8.97. The van der Waals surface area contributed by atoms with E-state index in [9.17, 15) is 13.2 Å². The zero-order valence-corrected chi connectivity index (χ0v) is 9.72. The minimum Gasteiger partial charge on any atom is -0.330 e. The molecule has 1 aromatic rings. The number of nitrogens with two attached hydrogens (primary N) is 2. The van der Waals surface area contributed by atoms with E-state index >= 15 is 0 Å². The van der Waals surface area contributed by atoms with E-state index in [1.165, 1.54) is 0 Å². The van der Waals surface area contributed by atoms with Crippen molar-refractivity contribution in [1.82, 2.24) is 4.98 Å². The Bertz CT molecular complexity index is 382. The van der Waals surface area contributed by atoms with E-state index in [1.54, 1.807) is 0 Å². The van der Waals surface area contributed by atoms with Crippen LogP contribution in [0.25, 0.3) is 0 Å². The molecule has 0 radical (unpaired) electrons. The zero-order chi connectivity index (χ0) is 13.1. The Morgan fingerprint density at radius 3 is 2.53 bits per heavy atom. The van der Waals surface area contributed by atoms with Crippen LogP contribution in [0.5, 0.6) is 0 Å². The summed E-state index contributed by atoms with van der Waals surface area (Å²) in [7, 11) is 0. The first-order valence-electron chi connectivity index (χ1n) is 5.04. The van der Waals surface area contributed by atoms with Crippen LogP contribution in [0.4, 0.5) is 13.2 Å². The third-order valence-electron chi connectivity index (χ3n) is 2.27. The second-order valence-corrected chi connectivity index (χ2v) is 4.03. The van der Waals surface area contributed by atoms with Crippen LogP contribution in [0.15, 0.2) is 12.3 Å². The lowest BCUT2D eigenvalue weighted by Gasteiger charge is -2.14. The number of hydrogen-bond donors (Lipinski definition) is 2. The molecular formula is C10H13ClF3N3. The van der Waals surface area contributed by atoms with Crippen LogP contribution in [-0.2, 0) is 6.18 Å². The highest BCUT2D eigenvalue weighted by atomic mass is 35.5. The van der Waals surface area contributed by atoms with Gasteiger partial charge in [0.1, 0.15) is 0 Å². The standard InChI is InChI=1S/C10H13ClF3N3/c11-7-4-6(10(12,13)14)5-17-9(7)8(16)2-1-3-15/h4-5,8H,1-3,15-16H2. The molecule has 96 valence electrons. The molecule has 0 aliphatic carbocycles. The fraction of sp³-hybridized carbons (Fsp3) is 0.500. The van der Waals surface area contributed by atoms with Gasteiger partial charge < -0.3 is 11.5 Å². The van der Waals surface area contributed by atoms with E-state index in [0.717, 1.165) is 12.3 Å². The Balaban J connectivity index is 2.90. The molecule has 17 heavy (non-hydrogen) atoms. The summed E-state index contributed by atoms with van der Waals surface area (Å²) in [5.74, 6) is 0. The van der Waals surface area contributed by atoms with Gasteiger partial charge in [0.15, 0.2) is 0 Å². The van der Waals surface area contributed by atoms with E-state index in [4.69, 9.17) is 23.1 Å². The molecule has 0 fully saturated rings. The van der Waals surface area contributed by atoms with Crippen molar-refractivity contribution in [3.63, 3.8) is 0 Å². The van der Waals surface area contributed by atoms with Gasteiger partial charge in [-0.05, 0) is 25.5 Å². The van der Waals surface area contributed by atoms with Crippen LogP contribution in [0.2, 0.25) is 5.02 Å². The van der Waals surface area contributed by atoms with Crippen LogP contribution in [0, 0.1) is 0 Å². The van der Waals surface area contributed by atoms with Crippen LogP contribution < -0.4 is 11.5 Å². The van der Waals surface area contributed by atoms with Crippen molar-refractivity contribution >= 4 is 11.6 Å². The third kappa shape index (κ3) is 3.83. The van der Waals surface area contributed by atoms with Gasteiger partial charge in [-0.15, -0.1) is 0 Å². The van der Waals surface area contributed by atoms with Crippen LogP contribution in [-0.4, -0.2) is 11.5 Å². The lowest BCUT2D eigenvalue weighted by Crippen LogP contribution is -2.15. The van der Waals surface area contributed by atoms with E-state index in [0.29, 0.717) is 19.4 Å². The van der Waals surface area contributed by atoms with Gasteiger partial charge in [-0.3, -0.25) is 4.98 Å². The summed E-state index contributed by atoms with van der Waals surface area (Å²) in [6, 6.07) is 0.347. The molecule has 0 aliphatic heterocycles. The number of aromatic nitrogens is 1. The average molecular weight is 268 g/mol. The average Bonchev–Trinajstić information content (AvgIpc) is 2.24. The fourth-order valence-electron chi connectivity index (χ4n) is 1.35. The minimum atomic E-state index is -4.45. The minimum absolute atomic E-state index is 0.0654. The molecule has 0 aliphatic rings. The Morgan fingerprint density at radius 1 is 1.41 bits per heavy atom. The van der Waals surface area contributed by atoms with Gasteiger partial charge in [-0.2, -0.15) is 13.2 Å². The summed E-state index contributed by atoms with van der Waals surface area (Å²) in [6.07, 6.45) is -2.51. The molecule has 0 saturated heterocycles. The number of halogens is 4. The second-order valence-electron chi connectivity index (χ2n) is 3.63. The lowest BCUT2D eigenvalue weighted by molar-refractivity contribution is -0.137. The van der Waals surface area contributed by atoms with Crippen LogP contribution in [0.3, 0.4) is 0 Å². The van der Waals surface area contributed by atoms with Gasteiger partial charge >= 0.3 is 6.18 Å². The monoisotopic (exact) mass is 267 g/mol. The molecule has 1 unspecified atom stereocenters. The number of pyridine rings is 1. The molecule has 3 nitrogen and oxygen atoms in total. The predicted molar refractivity (Wildman–Crippen MR) is 59.5 cm³/mol. The third-order valence-corrected chi connectivity index (χ3v) is 2.57. The van der Waals surface area contributed by atoms with Crippen LogP contribution >= 0.6 is 11.6 Å². The number of alkyl halides is 3. The lowest BCUT2D eigenvalue weighted by atomic mass is 10.1. The van der Waals surface area contributed by atoms with E-state index in [2.05, 4.69) is 4.98 Å². The maximum Gasteiger partial charge on any atom is 0.417 e. The molecule has 0 spiro atoms. The van der Waals surface area contributed by atoms with Crippen molar-refractivity contribution in [2.45, 2.75) is 25.1 Å². The van der Waals surface area contributed by atoms with Gasteiger partial charge in [0.25, 0.3) is 0 Å². The number of nitrogens with zero attached hydrogens (tertiary/aromatic N) is 1. The van der Waals surface area contributed by atoms with Gasteiger partial charge in [0, 0.05) is 12.2 Å². The predicted octanol–water partition coefficient (Wildman–Crippen LogP) is 2.49. The molecule has 0 amide bonds. The summed E-state index contributed by atoms with van der Waals surface area (Å²) >= 11 is 5.74. The van der Waals surface area contributed by atoms with Crippen molar-refractivity contribution < 1.29 is 13.2 Å². The summed E-state index contributed by atoms with van der Waals surface area (Å²) in [6.45, 7) is 0.464. The Labute approximate surface area is 102 Å². The smallest absolute Gasteiger partial charge is 0.330 e. The first kappa shape index (κ1) is 14.2. The molecule has 0 aromatic carbocycles. The molecule has 1 aromatic heterocycles. The van der Waals surface area contributed by atoms with Gasteiger partial charge in [0.05, 0.1) is 16.3 Å². The van der Waals surface area contributed by atoms with Gasteiger partial charge in [-0.25, -0.2) is 0 Å². The second kappa shape index (κ2) is 5.66.